The molecular weight excluding hydrogens is 180 g/mol. The van der Waals surface area contributed by atoms with Crippen LogP contribution in [0.15, 0.2) is 22.9 Å². The third-order valence-electron chi connectivity index (χ3n) is 2.17. The summed E-state index contributed by atoms with van der Waals surface area (Å²) in [5.41, 5.74) is 7.15. The van der Waals surface area contributed by atoms with Crippen LogP contribution < -0.4 is 5.73 Å². The van der Waals surface area contributed by atoms with E-state index in [0.717, 1.165) is 17.4 Å². The number of furan rings is 1. The van der Waals surface area contributed by atoms with Gasteiger partial charge in [-0.15, -0.1) is 0 Å². The molecule has 14 heavy (non-hydrogen) atoms. The number of rotatable bonds is 2. The number of aromatic nitrogens is 1. The minimum absolute atomic E-state index is 0.272. The highest BCUT2D eigenvalue weighted by Crippen LogP contribution is 2.21. The number of hydrogen-bond donors (Lipinski definition) is 1. The summed E-state index contributed by atoms with van der Waals surface area (Å²) in [6.45, 7) is 2.02. The highest BCUT2D eigenvalue weighted by molar-refractivity contribution is 5.95. The number of nitrogens with two attached hydrogens (primary N) is 1. The highest BCUT2D eigenvalue weighted by atomic mass is 16.3. The number of carbonyl (C=O) groups excluding carboxylic acids is 1. The van der Waals surface area contributed by atoms with Crippen LogP contribution in [-0.2, 0) is 6.42 Å². The van der Waals surface area contributed by atoms with Crippen molar-refractivity contribution in [2.24, 2.45) is 5.73 Å². The van der Waals surface area contributed by atoms with Crippen LogP contribution in [0.25, 0.3) is 11.0 Å². The molecule has 4 nitrogen and oxygen atoms in total. The van der Waals surface area contributed by atoms with Crippen LogP contribution in [-0.4, -0.2) is 10.9 Å². The monoisotopic (exact) mass is 190 g/mol. The second kappa shape index (κ2) is 3.14. The van der Waals surface area contributed by atoms with Crippen molar-refractivity contribution in [3.63, 3.8) is 0 Å². The van der Waals surface area contributed by atoms with Crippen molar-refractivity contribution in [2.45, 2.75) is 13.3 Å². The number of nitrogens with zero attached hydrogens (tertiary/aromatic N) is 1. The van der Waals surface area contributed by atoms with E-state index in [-0.39, 0.29) is 5.69 Å². The summed E-state index contributed by atoms with van der Waals surface area (Å²) in [7, 11) is 0. The first-order valence-corrected chi connectivity index (χ1v) is 4.38. The molecule has 2 heterocycles. The van der Waals surface area contributed by atoms with Crippen molar-refractivity contribution in [3.05, 3.63) is 29.8 Å². The highest BCUT2D eigenvalue weighted by Gasteiger charge is 2.08. The Kier molecular flexibility index (Phi) is 1.96. The Hall–Kier alpha value is -1.84. The maximum absolute atomic E-state index is 10.9. The smallest absolute Gasteiger partial charge is 0.267 e. The lowest BCUT2D eigenvalue weighted by molar-refractivity contribution is 0.0996. The van der Waals surface area contributed by atoms with Crippen LogP contribution in [0.4, 0.5) is 0 Å². The first kappa shape index (κ1) is 8.74. The van der Waals surface area contributed by atoms with Crippen molar-refractivity contribution < 1.29 is 9.21 Å². The fourth-order valence-electron chi connectivity index (χ4n) is 1.39. The molecule has 1 amide bonds. The predicted molar refractivity (Wildman–Crippen MR) is 51.9 cm³/mol. The molecule has 0 saturated carbocycles. The standard InChI is InChI=1S/C10H10N2O2/c1-2-6-5-14-9-4-12-8(10(11)13)3-7(6)9/h3-5H,2H2,1H3,(H2,11,13). The number of fused-ring (bicyclic) bond motifs is 1. The lowest BCUT2D eigenvalue weighted by atomic mass is 10.1. The Balaban J connectivity index is 2.67. The van der Waals surface area contributed by atoms with Gasteiger partial charge >= 0.3 is 0 Å². The second-order valence-corrected chi connectivity index (χ2v) is 3.04. The Labute approximate surface area is 80.7 Å². The first-order valence-electron chi connectivity index (χ1n) is 4.38. The predicted octanol–water partition coefficient (Wildman–Crippen LogP) is 1.49. The Morgan fingerprint density at radius 3 is 3.07 bits per heavy atom. The molecule has 2 rings (SSSR count). The quantitative estimate of drug-likeness (QED) is 0.779. The summed E-state index contributed by atoms with van der Waals surface area (Å²) in [4.78, 5) is 14.8. The van der Waals surface area contributed by atoms with Crippen LogP contribution in [0.1, 0.15) is 23.0 Å². The first-order chi connectivity index (χ1) is 6.72. The second-order valence-electron chi connectivity index (χ2n) is 3.04. The van der Waals surface area contributed by atoms with E-state index in [1.54, 1.807) is 12.3 Å². The van der Waals surface area contributed by atoms with E-state index in [1.165, 1.54) is 6.20 Å². The molecule has 72 valence electrons. The Morgan fingerprint density at radius 1 is 1.64 bits per heavy atom. The van der Waals surface area contributed by atoms with E-state index in [0.29, 0.717) is 5.58 Å². The SMILES string of the molecule is CCc1coc2cnc(C(N)=O)cc12. The van der Waals surface area contributed by atoms with Gasteiger partial charge in [-0.25, -0.2) is 4.98 Å². The topological polar surface area (TPSA) is 69.1 Å². The summed E-state index contributed by atoms with van der Waals surface area (Å²) in [6, 6.07) is 1.67. The molecule has 4 heteroatoms. The van der Waals surface area contributed by atoms with E-state index in [9.17, 15) is 4.79 Å². The molecule has 2 aromatic rings. The van der Waals surface area contributed by atoms with Gasteiger partial charge in [-0.2, -0.15) is 0 Å². The van der Waals surface area contributed by atoms with Crippen LogP contribution in [0, 0.1) is 0 Å². The molecule has 0 fully saturated rings. The van der Waals surface area contributed by atoms with Gasteiger partial charge in [-0.05, 0) is 18.1 Å². The van der Waals surface area contributed by atoms with Crippen molar-refractivity contribution >= 4 is 16.9 Å². The van der Waals surface area contributed by atoms with Crippen LogP contribution in [0.3, 0.4) is 0 Å². The van der Waals surface area contributed by atoms with Gasteiger partial charge in [0.15, 0.2) is 5.58 Å². The summed E-state index contributed by atoms with van der Waals surface area (Å²) in [5, 5.41) is 0.913. The third kappa shape index (κ3) is 1.25. The molecule has 2 N–H and O–H groups in total. The van der Waals surface area contributed by atoms with E-state index >= 15 is 0 Å². The summed E-state index contributed by atoms with van der Waals surface area (Å²) >= 11 is 0. The van der Waals surface area contributed by atoms with Gasteiger partial charge in [0.05, 0.1) is 12.5 Å². The lowest BCUT2D eigenvalue weighted by Gasteiger charge is -1.95. The van der Waals surface area contributed by atoms with E-state index in [4.69, 9.17) is 10.2 Å². The zero-order valence-corrected chi connectivity index (χ0v) is 7.78. The number of hydrogen-bond acceptors (Lipinski definition) is 3. The van der Waals surface area contributed by atoms with Crippen LogP contribution >= 0.6 is 0 Å². The van der Waals surface area contributed by atoms with Crippen molar-refractivity contribution in [3.8, 4) is 0 Å². The maximum atomic E-state index is 10.9. The molecule has 0 aliphatic rings. The summed E-state index contributed by atoms with van der Waals surface area (Å²) in [6.07, 6.45) is 4.06. The number of amides is 1. The molecule has 0 aliphatic carbocycles. The molecule has 0 radical (unpaired) electrons. The molecule has 2 aromatic heterocycles. The van der Waals surface area contributed by atoms with Crippen LogP contribution in [0.5, 0.6) is 0 Å². The van der Waals surface area contributed by atoms with E-state index in [1.807, 2.05) is 6.92 Å². The molecule has 0 aromatic carbocycles. The van der Waals surface area contributed by atoms with Gasteiger partial charge < -0.3 is 10.2 Å². The summed E-state index contributed by atoms with van der Waals surface area (Å²) < 4.78 is 5.26. The van der Waals surface area contributed by atoms with E-state index in [2.05, 4.69) is 4.98 Å². The van der Waals surface area contributed by atoms with Gasteiger partial charge in [0.1, 0.15) is 5.69 Å². The van der Waals surface area contributed by atoms with Gasteiger partial charge in [-0.3, -0.25) is 4.79 Å². The fourth-order valence-corrected chi connectivity index (χ4v) is 1.39. The van der Waals surface area contributed by atoms with Gasteiger partial charge in [-0.1, -0.05) is 6.92 Å². The fraction of sp³-hybridized carbons (Fsp3) is 0.200. The number of primary amides is 1. The summed E-state index contributed by atoms with van der Waals surface area (Å²) in [5.74, 6) is -0.518. The normalized spacial score (nSPS) is 10.6. The molecule has 0 saturated heterocycles. The average molecular weight is 190 g/mol. The third-order valence-corrected chi connectivity index (χ3v) is 2.17. The minimum Gasteiger partial charge on any atom is -0.462 e. The molecule has 0 bridgehead atoms. The zero-order valence-electron chi connectivity index (χ0n) is 7.78. The zero-order chi connectivity index (χ0) is 10.1. The lowest BCUT2D eigenvalue weighted by Crippen LogP contribution is -2.12. The van der Waals surface area contributed by atoms with Crippen molar-refractivity contribution in [1.82, 2.24) is 4.98 Å². The van der Waals surface area contributed by atoms with Crippen molar-refractivity contribution in [1.29, 1.82) is 0 Å². The van der Waals surface area contributed by atoms with Crippen LogP contribution in [0.2, 0.25) is 0 Å². The van der Waals surface area contributed by atoms with Gasteiger partial charge in [0, 0.05) is 5.39 Å². The molecular formula is C10H10N2O2. The minimum atomic E-state index is -0.518. The average Bonchev–Trinajstić information content (AvgIpc) is 2.59. The molecule has 0 aliphatic heterocycles. The molecule has 0 spiro atoms. The largest absolute Gasteiger partial charge is 0.462 e. The van der Waals surface area contributed by atoms with E-state index < -0.39 is 5.91 Å². The Bertz CT molecular complexity index is 488. The molecule has 0 unspecified atom stereocenters. The van der Waals surface area contributed by atoms with Gasteiger partial charge in [0.25, 0.3) is 5.91 Å². The number of aryl methyl sites for hydroxylation is 1. The van der Waals surface area contributed by atoms with Crippen molar-refractivity contribution in [2.75, 3.05) is 0 Å². The van der Waals surface area contributed by atoms with Gasteiger partial charge in [0.2, 0.25) is 0 Å². The maximum Gasteiger partial charge on any atom is 0.267 e. The number of pyridine rings is 1. The Morgan fingerprint density at radius 2 is 2.43 bits per heavy atom. The number of carbonyl (C=O) groups is 1. The molecule has 0 atom stereocenters.